The van der Waals surface area contributed by atoms with Gasteiger partial charge in [0.15, 0.2) is 6.61 Å². The molecule has 190 valence electrons. The highest BCUT2D eigenvalue weighted by atomic mass is 35.5. The molecule has 0 aromatic heterocycles. The molecular formula is C28H30Cl2N2O4. The molecule has 0 fully saturated rings. The molecule has 8 heteroatoms. The van der Waals surface area contributed by atoms with E-state index >= 15 is 0 Å². The predicted octanol–water partition coefficient (Wildman–Crippen LogP) is 5.17. The number of benzene rings is 3. The Kier molecular flexibility index (Phi) is 11.1. The molecule has 6 nitrogen and oxygen atoms in total. The standard InChI is InChI=1S/C28H30Cl2N2O4/c1-35-17-7-16-31-28(34)25(18-21-8-3-2-4-9-21)32(19-22-12-14-23(29)15-13-22)27(33)20-36-26-11-6-5-10-24(26)30/h2-6,8-15,25H,7,16-20H2,1H3,(H,31,34)/t25-/m1/s1. The molecule has 3 rings (SSSR count). The summed E-state index contributed by atoms with van der Waals surface area (Å²) < 4.78 is 10.8. The maximum atomic E-state index is 13.5. The number of rotatable bonds is 13. The van der Waals surface area contributed by atoms with E-state index in [0.29, 0.717) is 41.8 Å². The first-order chi connectivity index (χ1) is 17.5. The van der Waals surface area contributed by atoms with Gasteiger partial charge >= 0.3 is 0 Å². The number of methoxy groups -OCH3 is 1. The van der Waals surface area contributed by atoms with Crippen molar-refractivity contribution >= 4 is 35.0 Å². The molecule has 0 saturated heterocycles. The summed E-state index contributed by atoms with van der Waals surface area (Å²) >= 11 is 12.3. The highest BCUT2D eigenvalue weighted by Crippen LogP contribution is 2.23. The van der Waals surface area contributed by atoms with Crippen LogP contribution in [0.15, 0.2) is 78.9 Å². The molecule has 0 unspecified atom stereocenters. The number of para-hydroxylation sites is 1. The van der Waals surface area contributed by atoms with Gasteiger partial charge in [-0.1, -0.05) is 77.8 Å². The van der Waals surface area contributed by atoms with Crippen LogP contribution in [0.25, 0.3) is 0 Å². The molecule has 0 aliphatic carbocycles. The van der Waals surface area contributed by atoms with E-state index in [-0.39, 0.29) is 25.0 Å². The summed E-state index contributed by atoms with van der Waals surface area (Å²) in [4.78, 5) is 28.5. The van der Waals surface area contributed by atoms with Crippen molar-refractivity contribution in [2.45, 2.75) is 25.4 Å². The zero-order chi connectivity index (χ0) is 25.8. The highest BCUT2D eigenvalue weighted by molar-refractivity contribution is 6.32. The monoisotopic (exact) mass is 528 g/mol. The van der Waals surface area contributed by atoms with Crippen LogP contribution in [0.5, 0.6) is 5.75 Å². The van der Waals surface area contributed by atoms with Crippen molar-refractivity contribution in [1.82, 2.24) is 10.2 Å². The minimum atomic E-state index is -0.757. The number of nitrogens with one attached hydrogen (secondary N) is 1. The summed E-state index contributed by atoms with van der Waals surface area (Å²) in [5.41, 5.74) is 1.78. The lowest BCUT2D eigenvalue weighted by Gasteiger charge is -2.31. The van der Waals surface area contributed by atoms with Gasteiger partial charge in [0.2, 0.25) is 5.91 Å². The average molecular weight is 529 g/mol. The fourth-order valence-corrected chi connectivity index (χ4v) is 3.99. The van der Waals surface area contributed by atoms with Gasteiger partial charge in [0.05, 0.1) is 5.02 Å². The molecule has 36 heavy (non-hydrogen) atoms. The molecular weight excluding hydrogens is 499 g/mol. The molecule has 0 saturated carbocycles. The van der Waals surface area contributed by atoms with Crippen molar-refractivity contribution in [3.8, 4) is 5.75 Å². The Bertz CT molecular complexity index is 1110. The third kappa shape index (κ3) is 8.55. The molecule has 1 N–H and O–H groups in total. The van der Waals surface area contributed by atoms with Crippen molar-refractivity contribution < 1.29 is 19.1 Å². The van der Waals surface area contributed by atoms with Gasteiger partial charge in [-0.05, 0) is 41.8 Å². The molecule has 3 aromatic rings. The molecule has 3 aromatic carbocycles. The number of carbonyl (C=O) groups is 2. The van der Waals surface area contributed by atoms with Gasteiger partial charge in [-0.15, -0.1) is 0 Å². The lowest BCUT2D eigenvalue weighted by molar-refractivity contribution is -0.142. The maximum absolute atomic E-state index is 13.5. The van der Waals surface area contributed by atoms with E-state index in [0.717, 1.165) is 11.1 Å². The van der Waals surface area contributed by atoms with Crippen LogP contribution in [0, 0.1) is 0 Å². The first kappa shape index (κ1) is 27.5. The molecule has 0 bridgehead atoms. The van der Waals surface area contributed by atoms with Crippen LogP contribution >= 0.6 is 23.2 Å². The summed E-state index contributed by atoms with van der Waals surface area (Å²) in [7, 11) is 1.62. The van der Waals surface area contributed by atoms with Crippen LogP contribution in [0.4, 0.5) is 0 Å². The number of hydrogen-bond donors (Lipinski definition) is 1. The van der Waals surface area contributed by atoms with Crippen LogP contribution in [0.2, 0.25) is 10.0 Å². The Morgan fingerprint density at radius 1 is 0.917 bits per heavy atom. The van der Waals surface area contributed by atoms with Crippen molar-refractivity contribution in [2.24, 2.45) is 0 Å². The third-order valence-corrected chi connectivity index (χ3v) is 6.11. The smallest absolute Gasteiger partial charge is 0.261 e. The van der Waals surface area contributed by atoms with Crippen molar-refractivity contribution in [1.29, 1.82) is 0 Å². The van der Waals surface area contributed by atoms with E-state index in [1.165, 1.54) is 0 Å². The van der Waals surface area contributed by atoms with Crippen LogP contribution < -0.4 is 10.1 Å². The quantitative estimate of drug-likeness (QED) is 0.311. The summed E-state index contributed by atoms with van der Waals surface area (Å²) in [6.07, 6.45) is 1.02. The maximum Gasteiger partial charge on any atom is 0.261 e. The highest BCUT2D eigenvalue weighted by Gasteiger charge is 2.30. The topological polar surface area (TPSA) is 67.9 Å². The molecule has 0 radical (unpaired) electrons. The average Bonchev–Trinajstić information content (AvgIpc) is 2.89. The fourth-order valence-electron chi connectivity index (χ4n) is 3.67. The van der Waals surface area contributed by atoms with Crippen molar-refractivity contribution in [2.75, 3.05) is 26.9 Å². The Balaban J connectivity index is 1.87. The summed E-state index contributed by atoms with van der Waals surface area (Å²) in [6.45, 7) is 0.921. The van der Waals surface area contributed by atoms with E-state index in [2.05, 4.69) is 5.32 Å². The second kappa shape index (κ2) is 14.5. The zero-order valence-electron chi connectivity index (χ0n) is 20.2. The van der Waals surface area contributed by atoms with E-state index in [1.807, 2.05) is 42.5 Å². The zero-order valence-corrected chi connectivity index (χ0v) is 21.7. The minimum Gasteiger partial charge on any atom is -0.482 e. The Hall–Kier alpha value is -3.06. The first-order valence-corrected chi connectivity index (χ1v) is 12.5. The van der Waals surface area contributed by atoms with Gasteiger partial charge in [0, 0.05) is 38.2 Å². The van der Waals surface area contributed by atoms with E-state index < -0.39 is 6.04 Å². The Labute approximate surface area is 222 Å². The van der Waals surface area contributed by atoms with Crippen molar-refractivity contribution in [3.63, 3.8) is 0 Å². The molecule has 0 aliphatic heterocycles. The number of carbonyl (C=O) groups excluding carboxylic acids is 2. The second-order valence-corrected chi connectivity index (χ2v) is 9.05. The van der Waals surface area contributed by atoms with Gasteiger partial charge in [0.1, 0.15) is 11.8 Å². The van der Waals surface area contributed by atoms with Gasteiger partial charge < -0.3 is 19.7 Å². The van der Waals surface area contributed by atoms with Gasteiger partial charge in [-0.3, -0.25) is 9.59 Å². The van der Waals surface area contributed by atoms with Crippen LogP contribution in [-0.4, -0.2) is 49.6 Å². The molecule has 1 atom stereocenters. The van der Waals surface area contributed by atoms with Gasteiger partial charge in [-0.25, -0.2) is 0 Å². The number of nitrogens with zero attached hydrogens (tertiary/aromatic N) is 1. The molecule has 0 aliphatic rings. The van der Waals surface area contributed by atoms with E-state index in [4.69, 9.17) is 32.7 Å². The SMILES string of the molecule is COCCCNC(=O)[C@@H](Cc1ccccc1)N(Cc1ccc(Cl)cc1)C(=O)COc1ccccc1Cl. The summed E-state index contributed by atoms with van der Waals surface area (Å²) in [5.74, 6) is -0.171. The van der Waals surface area contributed by atoms with Crippen LogP contribution in [-0.2, 0) is 27.3 Å². The second-order valence-electron chi connectivity index (χ2n) is 8.21. The minimum absolute atomic E-state index is 0.213. The Morgan fingerprint density at radius 3 is 2.31 bits per heavy atom. The van der Waals surface area contributed by atoms with Gasteiger partial charge in [0.25, 0.3) is 5.91 Å². The first-order valence-electron chi connectivity index (χ1n) is 11.7. The molecule has 0 heterocycles. The lowest BCUT2D eigenvalue weighted by Crippen LogP contribution is -2.51. The Morgan fingerprint density at radius 2 is 1.61 bits per heavy atom. The number of ether oxygens (including phenoxy) is 2. The fraction of sp³-hybridized carbons (Fsp3) is 0.286. The normalized spacial score (nSPS) is 11.5. The van der Waals surface area contributed by atoms with Crippen LogP contribution in [0.1, 0.15) is 17.5 Å². The van der Waals surface area contributed by atoms with Gasteiger partial charge in [-0.2, -0.15) is 0 Å². The lowest BCUT2D eigenvalue weighted by atomic mass is 10.0. The summed E-state index contributed by atoms with van der Waals surface area (Å²) in [5, 5.41) is 3.96. The van der Waals surface area contributed by atoms with Crippen LogP contribution in [0.3, 0.4) is 0 Å². The summed E-state index contributed by atoms with van der Waals surface area (Å²) in [6, 6.07) is 23.0. The molecule has 2 amide bonds. The number of amides is 2. The third-order valence-electron chi connectivity index (χ3n) is 5.55. The largest absolute Gasteiger partial charge is 0.482 e. The van der Waals surface area contributed by atoms with E-state index in [9.17, 15) is 9.59 Å². The number of halogens is 2. The number of hydrogen-bond acceptors (Lipinski definition) is 4. The van der Waals surface area contributed by atoms with Crippen molar-refractivity contribution in [3.05, 3.63) is 100 Å². The molecule has 0 spiro atoms. The van der Waals surface area contributed by atoms with E-state index in [1.54, 1.807) is 48.4 Å². The predicted molar refractivity (Wildman–Crippen MR) is 142 cm³/mol.